The van der Waals surface area contributed by atoms with E-state index in [4.69, 9.17) is 30.8 Å². The molecule has 2 N–H and O–H groups in total. The fourth-order valence-electron chi connectivity index (χ4n) is 1.97. The first-order valence-electron chi connectivity index (χ1n) is 10.1. The molecule has 0 aliphatic carbocycles. The maximum absolute atomic E-state index is 13.5. The summed E-state index contributed by atoms with van der Waals surface area (Å²) < 4.78 is 86.1. The topological polar surface area (TPSA) is 133 Å². The highest BCUT2D eigenvalue weighted by Gasteiger charge is 2.44. The van der Waals surface area contributed by atoms with Crippen LogP contribution in [0.1, 0.15) is 6.42 Å². The highest BCUT2D eigenvalue weighted by Crippen LogP contribution is 2.27. The lowest BCUT2D eigenvalue weighted by atomic mass is 10.4. The Morgan fingerprint density at radius 3 is 1.85 bits per heavy atom. The van der Waals surface area contributed by atoms with Gasteiger partial charge >= 0.3 is 12.2 Å². The normalized spacial score (nSPS) is 13.9. The van der Waals surface area contributed by atoms with E-state index in [1.54, 1.807) is 0 Å². The van der Waals surface area contributed by atoms with Crippen LogP contribution in [0.5, 0.6) is 0 Å². The smallest absolute Gasteiger partial charge is 0.383 e. The molecule has 0 aromatic carbocycles. The number of hydrogen-bond acceptors (Lipinski definition) is 10. The molecule has 0 heterocycles. The molecule has 0 spiro atoms. The van der Waals surface area contributed by atoms with Crippen molar-refractivity contribution in [2.24, 2.45) is 0 Å². The first-order chi connectivity index (χ1) is 16.1. The van der Waals surface area contributed by atoms with E-state index < -0.39 is 51.0 Å². The zero-order chi connectivity index (χ0) is 25.7. The maximum Gasteiger partial charge on any atom is 0.383 e. The second kappa shape index (κ2) is 19.6. The summed E-state index contributed by atoms with van der Waals surface area (Å²) in [4.78, 5) is 3.01. The van der Waals surface area contributed by atoms with Crippen molar-refractivity contribution in [1.82, 2.24) is 0 Å². The van der Waals surface area contributed by atoms with Gasteiger partial charge in [0.15, 0.2) is 0 Å². The van der Waals surface area contributed by atoms with Gasteiger partial charge in [-0.05, 0) is 0 Å². The van der Waals surface area contributed by atoms with Crippen molar-refractivity contribution in [3.63, 3.8) is 0 Å². The lowest BCUT2D eigenvalue weighted by Crippen LogP contribution is -2.40. The summed E-state index contributed by atoms with van der Waals surface area (Å²) in [5.74, 6) is 0. The van der Waals surface area contributed by atoms with Gasteiger partial charge in [-0.25, -0.2) is 6.57 Å². The quantitative estimate of drug-likeness (QED) is 0.0887. The Morgan fingerprint density at radius 1 is 0.765 bits per heavy atom. The van der Waals surface area contributed by atoms with Gasteiger partial charge in [-0.2, -0.15) is 22.8 Å². The van der Waals surface area contributed by atoms with E-state index in [0.717, 1.165) is 0 Å². The molecule has 0 aromatic heterocycles. The van der Waals surface area contributed by atoms with Gasteiger partial charge in [-0.15, -0.1) is 0 Å². The summed E-state index contributed by atoms with van der Waals surface area (Å²) in [5.41, 5.74) is 0. The van der Waals surface area contributed by atoms with E-state index in [1.165, 1.54) is 0 Å². The zero-order valence-electron chi connectivity index (χ0n) is 18.5. The summed E-state index contributed by atoms with van der Waals surface area (Å²) in [6.07, 6.45) is -10.7. The second-order valence-corrected chi connectivity index (χ2v) is 6.59. The summed E-state index contributed by atoms with van der Waals surface area (Å²) >= 11 is 0. The lowest BCUT2D eigenvalue weighted by molar-refractivity contribution is -0.396. The van der Waals surface area contributed by atoms with Crippen molar-refractivity contribution in [1.29, 1.82) is 5.26 Å². The number of nitrogens with zero attached hydrogens (tertiary/aromatic N) is 2. The van der Waals surface area contributed by atoms with Crippen LogP contribution in [-0.4, -0.2) is 114 Å². The minimum absolute atomic E-state index is 0.00261. The number of aliphatic hydroxyl groups excluding tert-OH is 2. The molecule has 198 valence electrons. The van der Waals surface area contributed by atoms with Crippen molar-refractivity contribution in [3.05, 3.63) is 11.4 Å². The van der Waals surface area contributed by atoms with Gasteiger partial charge in [-0.3, -0.25) is 4.74 Å². The molecule has 0 aliphatic heterocycles. The average Bonchev–Trinajstić information content (AvgIpc) is 2.75. The number of hydrogen-bond donors (Lipinski definition) is 2. The fourth-order valence-corrected chi connectivity index (χ4v) is 1.97. The Kier molecular flexibility index (Phi) is 18.7. The van der Waals surface area contributed by atoms with Crippen LogP contribution in [-0.2, 0) is 33.2 Å². The summed E-state index contributed by atoms with van der Waals surface area (Å²) in [6, 6.07) is 1.88. The predicted octanol–water partition coefficient (Wildman–Crippen LogP) is 0.800. The Morgan fingerprint density at radius 2 is 1.26 bits per heavy atom. The number of halogens is 4. The number of rotatable bonds is 23. The minimum atomic E-state index is -4.36. The standard InChI is InChI=1S/C19H30F4N2O9/c1-25-4-6-29-10-17(27)12-32-13-18(20,21)34-19(22,23)14-33-15-31-8-7-30-11-16(26)9-28-5-2-3-24/h16-17,26-27H,2,4-15H2. The number of nitriles is 1. The molecule has 15 heteroatoms. The molecule has 0 bridgehead atoms. The highest BCUT2D eigenvalue weighted by molar-refractivity contribution is 4.67. The molecule has 0 fully saturated rings. The van der Waals surface area contributed by atoms with Crippen molar-refractivity contribution < 1.29 is 60.9 Å². The van der Waals surface area contributed by atoms with E-state index in [2.05, 4.69) is 19.1 Å². The van der Waals surface area contributed by atoms with E-state index >= 15 is 0 Å². The molecule has 34 heavy (non-hydrogen) atoms. The van der Waals surface area contributed by atoms with Gasteiger partial charge in [0.1, 0.15) is 38.8 Å². The predicted molar refractivity (Wildman–Crippen MR) is 105 cm³/mol. The van der Waals surface area contributed by atoms with Crippen LogP contribution < -0.4 is 0 Å². The van der Waals surface area contributed by atoms with Gasteiger partial charge in [0.25, 0.3) is 0 Å². The first-order valence-corrected chi connectivity index (χ1v) is 10.1. The molecular formula is C19H30F4N2O9. The number of ether oxygens (including phenoxy) is 7. The molecule has 0 aliphatic rings. The van der Waals surface area contributed by atoms with Crippen molar-refractivity contribution in [3.8, 4) is 6.07 Å². The van der Waals surface area contributed by atoms with E-state index in [-0.39, 0.29) is 59.2 Å². The van der Waals surface area contributed by atoms with Crippen molar-refractivity contribution in [2.45, 2.75) is 30.8 Å². The summed E-state index contributed by atoms with van der Waals surface area (Å²) in [5, 5.41) is 27.3. The number of alkyl halides is 4. The maximum atomic E-state index is 13.5. The lowest BCUT2D eigenvalue weighted by Gasteiger charge is -2.24. The van der Waals surface area contributed by atoms with Crippen LogP contribution in [0.25, 0.3) is 4.85 Å². The van der Waals surface area contributed by atoms with Gasteiger partial charge in [-0.1, -0.05) is 0 Å². The van der Waals surface area contributed by atoms with Crippen LogP contribution >= 0.6 is 0 Å². The molecular weight excluding hydrogens is 476 g/mol. The molecule has 2 atom stereocenters. The molecule has 0 saturated heterocycles. The zero-order valence-corrected chi connectivity index (χ0v) is 18.5. The molecule has 0 amide bonds. The number of aliphatic hydroxyl groups is 2. The van der Waals surface area contributed by atoms with E-state index in [9.17, 15) is 27.8 Å². The Hall–Kier alpha value is -1.66. The Balaban J connectivity index is 3.81. The van der Waals surface area contributed by atoms with Gasteiger partial charge < -0.3 is 43.5 Å². The van der Waals surface area contributed by atoms with Gasteiger partial charge in [0.2, 0.25) is 6.54 Å². The Bertz CT molecular complexity index is 591. The molecule has 0 saturated carbocycles. The van der Waals surface area contributed by atoms with E-state index in [1.807, 2.05) is 6.07 Å². The monoisotopic (exact) mass is 506 g/mol. The summed E-state index contributed by atoms with van der Waals surface area (Å²) in [7, 11) is 0. The fraction of sp³-hybridized carbons (Fsp3) is 0.895. The highest BCUT2D eigenvalue weighted by atomic mass is 19.3. The SMILES string of the molecule is [C-]#[N+]CCOCC(O)COCC(F)(F)OC(F)(F)COCOCCOCC(O)COCCC#N. The molecule has 0 radical (unpaired) electrons. The first kappa shape index (κ1) is 32.3. The van der Waals surface area contributed by atoms with E-state index in [0.29, 0.717) is 0 Å². The molecule has 2 unspecified atom stereocenters. The molecule has 11 nitrogen and oxygen atoms in total. The van der Waals surface area contributed by atoms with Crippen LogP contribution in [0.3, 0.4) is 0 Å². The summed E-state index contributed by atoms with van der Waals surface area (Å²) in [6.45, 7) is 2.07. The largest absolute Gasteiger partial charge is 0.388 e. The van der Waals surface area contributed by atoms with Crippen LogP contribution in [0.4, 0.5) is 17.6 Å². The van der Waals surface area contributed by atoms with Crippen LogP contribution in [0.15, 0.2) is 0 Å². The van der Waals surface area contributed by atoms with Gasteiger partial charge in [0, 0.05) is 0 Å². The van der Waals surface area contributed by atoms with Crippen LogP contribution in [0, 0.1) is 17.9 Å². The third kappa shape index (κ3) is 20.9. The van der Waals surface area contributed by atoms with Crippen molar-refractivity contribution >= 4 is 0 Å². The van der Waals surface area contributed by atoms with Crippen LogP contribution in [0.2, 0.25) is 0 Å². The average molecular weight is 506 g/mol. The van der Waals surface area contributed by atoms with Gasteiger partial charge in [0.05, 0.1) is 58.7 Å². The third-order valence-electron chi connectivity index (χ3n) is 3.32. The minimum Gasteiger partial charge on any atom is -0.388 e. The molecule has 0 rings (SSSR count). The Labute approximate surface area is 194 Å². The third-order valence-corrected chi connectivity index (χ3v) is 3.32. The second-order valence-electron chi connectivity index (χ2n) is 6.59. The van der Waals surface area contributed by atoms with Crippen molar-refractivity contribution in [2.75, 3.05) is 79.4 Å². The molecule has 0 aromatic rings.